The average Bonchev–Trinajstić information content (AvgIpc) is 2.60. The Hall–Kier alpha value is -2.20. The van der Waals surface area contributed by atoms with Gasteiger partial charge in [-0.05, 0) is 36.6 Å². The highest BCUT2D eigenvalue weighted by atomic mass is 35.5. The second kappa shape index (κ2) is 9.33. The summed E-state index contributed by atoms with van der Waals surface area (Å²) in [4.78, 5) is 12.2. The number of hydrogen-bond donors (Lipinski definition) is 1. The summed E-state index contributed by atoms with van der Waals surface area (Å²) < 4.78 is 11.4. The molecule has 5 heteroatoms. The van der Waals surface area contributed by atoms with Gasteiger partial charge in [-0.1, -0.05) is 55.8 Å². The van der Waals surface area contributed by atoms with Crippen molar-refractivity contribution in [1.29, 1.82) is 0 Å². The van der Waals surface area contributed by atoms with E-state index in [4.69, 9.17) is 21.1 Å². The highest BCUT2D eigenvalue weighted by Gasteiger charge is 2.16. The van der Waals surface area contributed by atoms with Gasteiger partial charge in [0.2, 0.25) is 0 Å². The topological polar surface area (TPSA) is 47.6 Å². The maximum absolute atomic E-state index is 12.2. The third-order valence-electron chi connectivity index (χ3n) is 3.71. The van der Waals surface area contributed by atoms with Crippen LogP contribution in [0.4, 0.5) is 0 Å². The third kappa shape index (κ3) is 5.68. The lowest BCUT2D eigenvalue weighted by Crippen LogP contribution is -2.38. The Balaban J connectivity index is 1.80. The molecule has 0 spiro atoms. The van der Waals surface area contributed by atoms with Crippen LogP contribution in [0.1, 0.15) is 32.3 Å². The quantitative estimate of drug-likeness (QED) is 0.708. The van der Waals surface area contributed by atoms with Crippen LogP contribution >= 0.6 is 11.6 Å². The molecule has 0 aliphatic carbocycles. The zero-order chi connectivity index (χ0) is 18.2. The van der Waals surface area contributed by atoms with Gasteiger partial charge in [0.15, 0.2) is 6.10 Å². The molecule has 0 bridgehead atoms. The van der Waals surface area contributed by atoms with E-state index in [0.29, 0.717) is 29.8 Å². The molecule has 0 saturated carbocycles. The largest absolute Gasteiger partial charge is 0.490 e. The molecule has 1 N–H and O–H groups in total. The SMILES string of the molecule is CC(C)c1ccccc1O[C@@H](C)C(=O)NCCOc1ccccc1Cl. The second-order valence-electron chi connectivity index (χ2n) is 6.02. The van der Waals surface area contributed by atoms with Crippen LogP contribution in [0.3, 0.4) is 0 Å². The van der Waals surface area contributed by atoms with E-state index in [2.05, 4.69) is 19.2 Å². The molecule has 0 radical (unpaired) electrons. The number of carbonyl (C=O) groups is 1. The van der Waals surface area contributed by atoms with Crippen molar-refractivity contribution in [3.8, 4) is 11.5 Å². The smallest absolute Gasteiger partial charge is 0.260 e. The van der Waals surface area contributed by atoms with Crippen LogP contribution < -0.4 is 14.8 Å². The molecular formula is C20H24ClNO3. The number of nitrogens with one attached hydrogen (secondary N) is 1. The van der Waals surface area contributed by atoms with Gasteiger partial charge in [-0.25, -0.2) is 0 Å². The summed E-state index contributed by atoms with van der Waals surface area (Å²) in [5, 5.41) is 3.36. The fourth-order valence-electron chi connectivity index (χ4n) is 2.35. The predicted molar refractivity (Wildman–Crippen MR) is 101 cm³/mol. The highest BCUT2D eigenvalue weighted by molar-refractivity contribution is 6.32. The minimum Gasteiger partial charge on any atom is -0.490 e. The molecule has 2 aromatic rings. The molecule has 2 aromatic carbocycles. The van der Waals surface area contributed by atoms with E-state index in [1.165, 1.54) is 0 Å². The van der Waals surface area contributed by atoms with E-state index < -0.39 is 6.10 Å². The van der Waals surface area contributed by atoms with Crippen molar-refractivity contribution in [2.24, 2.45) is 0 Å². The minimum absolute atomic E-state index is 0.179. The summed E-state index contributed by atoms with van der Waals surface area (Å²) >= 11 is 6.01. The van der Waals surface area contributed by atoms with Gasteiger partial charge in [-0.3, -0.25) is 4.79 Å². The van der Waals surface area contributed by atoms with E-state index in [1.54, 1.807) is 19.1 Å². The number of ether oxygens (including phenoxy) is 2. The molecule has 2 rings (SSSR count). The van der Waals surface area contributed by atoms with Crippen molar-refractivity contribution in [3.63, 3.8) is 0 Å². The summed E-state index contributed by atoms with van der Waals surface area (Å²) in [6.07, 6.45) is -0.583. The zero-order valence-electron chi connectivity index (χ0n) is 14.8. The molecule has 0 aliphatic rings. The van der Waals surface area contributed by atoms with Crippen LogP contribution in [0.2, 0.25) is 5.02 Å². The van der Waals surface area contributed by atoms with Crippen molar-refractivity contribution in [3.05, 3.63) is 59.1 Å². The molecular weight excluding hydrogens is 338 g/mol. The number of halogens is 1. The molecule has 0 unspecified atom stereocenters. The lowest BCUT2D eigenvalue weighted by molar-refractivity contribution is -0.127. The van der Waals surface area contributed by atoms with Crippen LogP contribution in [0.25, 0.3) is 0 Å². The maximum atomic E-state index is 12.2. The van der Waals surface area contributed by atoms with Gasteiger partial charge in [0.1, 0.15) is 18.1 Å². The van der Waals surface area contributed by atoms with E-state index in [0.717, 1.165) is 11.3 Å². The summed E-state index contributed by atoms with van der Waals surface area (Å²) in [6.45, 7) is 6.65. The first-order chi connectivity index (χ1) is 12.0. The monoisotopic (exact) mass is 361 g/mol. The summed E-state index contributed by atoms with van der Waals surface area (Å²) in [7, 11) is 0. The van der Waals surface area contributed by atoms with Crippen molar-refractivity contribution >= 4 is 17.5 Å². The van der Waals surface area contributed by atoms with Gasteiger partial charge in [-0.15, -0.1) is 0 Å². The first kappa shape index (κ1) is 19.1. The molecule has 1 amide bonds. The Morgan fingerprint density at radius 2 is 1.68 bits per heavy atom. The maximum Gasteiger partial charge on any atom is 0.260 e. The van der Waals surface area contributed by atoms with Crippen LogP contribution in [0.15, 0.2) is 48.5 Å². The molecule has 1 atom stereocenters. The van der Waals surface area contributed by atoms with Crippen molar-refractivity contribution in [1.82, 2.24) is 5.32 Å². The Kier molecular flexibility index (Phi) is 7.14. The molecule has 4 nitrogen and oxygen atoms in total. The number of benzene rings is 2. The molecule has 134 valence electrons. The number of carbonyl (C=O) groups excluding carboxylic acids is 1. The van der Waals surface area contributed by atoms with Crippen LogP contribution in [-0.2, 0) is 4.79 Å². The average molecular weight is 362 g/mol. The molecule has 25 heavy (non-hydrogen) atoms. The summed E-state index contributed by atoms with van der Waals surface area (Å²) in [5.41, 5.74) is 1.09. The van der Waals surface area contributed by atoms with E-state index in [-0.39, 0.29) is 5.91 Å². The standard InChI is InChI=1S/C20H24ClNO3/c1-14(2)16-8-4-6-10-18(16)25-15(3)20(23)22-12-13-24-19-11-7-5-9-17(19)21/h4-11,14-15H,12-13H2,1-3H3,(H,22,23)/t15-/m0/s1. The summed E-state index contributed by atoms with van der Waals surface area (Å²) in [6, 6.07) is 15.0. The van der Waals surface area contributed by atoms with Gasteiger partial charge >= 0.3 is 0 Å². The van der Waals surface area contributed by atoms with Crippen LogP contribution in [0, 0.1) is 0 Å². The normalized spacial score (nSPS) is 11.9. The fraction of sp³-hybridized carbons (Fsp3) is 0.350. The van der Waals surface area contributed by atoms with Crippen LogP contribution in [0.5, 0.6) is 11.5 Å². The minimum atomic E-state index is -0.583. The highest BCUT2D eigenvalue weighted by Crippen LogP contribution is 2.26. The van der Waals surface area contributed by atoms with E-state index in [9.17, 15) is 4.79 Å². The zero-order valence-corrected chi connectivity index (χ0v) is 15.5. The van der Waals surface area contributed by atoms with Gasteiger partial charge in [0, 0.05) is 0 Å². The molecule has 0 fully saturated rings. The second-order valence-corrected chi connectivity index (χ2v) is 6.43. The van der Waals surface area contributed by atoms with Crippen molar-refractivity contribution in [2.75, 3.05) is 13.2 Å². The first-order valence-electron chi connectivity index (χ1n) is 8.39. The number of rotatable bonds is 8. The first-order valence-corrected chi connectivity index (χ1v) is 8.77. The van der Waals surface area contributed by atoms with Gasteiger partial charge in [0.05, 0.1) is 11.6 Å². The molecule has 0 aromatic heterocycles. The van der Waals surface area contributed by atoms with Crippen molar-refractivity contribution < 1.29 is 14.3 Å². The predicted octanol–water partition coefficient (Wildman–Crippen LogP) is 4.43. The third-order valence-corrected chi connectivity index (χ3v) is 4.02. The fourth-order valence-corrected chi connectivity index (χ4v) is 2.54. The Bertz CT molecular complexity index is 703. The molecule has 0 saturated heterocycles. The Labute approximate surface area is 154 Å². The van der Waals surface area contributed by atoms with Crippen LogP contribution in [-0.4, -0.2) is 25.2 Å². The van der Waals surface area contributed by atoms with Gasteiger partial charge in [0.25, 0.3) is 5.91 Å². The van der Waals surface area contributed by atoms with Gasteiger partial charge < -0.3 is 14.8 Å². The van der Waals surface area contributed by atoms with E-state index >= 15 is 0 Å². The summed E-state index contributed by atoms with van der Waals surface area (Å²) in [5.74, 6) is 1.50. The lowest BCUT2D eigenvalue weighted by Gasteiger charge is -2.18. The van der Waals surface area contributed by atoms with Crippen molar-refractivity contribution in [2.45, 2.75) is 32.8 Å². The lowest BCUT2D eigenvalue weighted by atomic mass is 10.0. The van der Waals surface area contributed by atoms with Gasteiger partial charge in [-0.2, -0.15) is 0 Å². The Morgan fingerprint density at radius 1 is 1.04 bits per heavy atom. The number of para-hydroxylation sites is 2. The number of amides is 1. The number of hydrogen-bond acceptors (Lipinski definition) is 3. The molecule has 0 heterocycles. The Morgan fingerprint density at radius 3 is 2.36 bits per heavy atom. The molecule has 0 aliphatic heterocycles. The van der Waals surface area contributed by atoms with E-state index in [1.807, 2.05) is 36.4 Å².